The van der Waals surface area contributed by atoms with Crippen LogP contribution >= 0.6 is 0 Å². The van der Waals surface area contributed by atoms with Crippen molar-refractivity contribution < 1.29 is 9.47 Å². The number of methoxy groups -OCH3 is 1. The van der Waals surface area contributed by atoms with Crippen molar-refractivity contribution in [3.63, 3.8) is 0 Å². The van der Waals surface area contributed by atoms with Crippen LogP contribution in [0.15, 0.2) is 24.3 Å². The monoisotopic (exact) mass is 288 g/mol. The minimum absolute atomic E-state index is 0.279. The van der Waals surface area contributed by atoms with Crippen LogP contribution in [0.2, 0.25) is 0 Å². The van der Waals surface area contributed by atoms with Crippen LogP contribution in [0.3, 0.4) is 0 Å². The van der Waals surface area contributed by atoms with Crippen LogP contribution in [0.1, 0.15) is 20.3 Å². The number of para-hydroxylation sites is 1. The zero-order chi connectivity index (χ0) is 15.1. The van der Waals surface area contributed by atoms with E-state index in [2.05, 4.69) is 27.2 Å². The first kappa shape index (κ1) is 15.0. The zero-order valence-electron chi connectivity index (χ0n) is 12.6. The quantitative estimate of drug-likeness (QED) is 0.845. The largest absolute Gasteiger partial charge is 0.493 e. The second-order valence-corrected chi connectivity index (χ2v) is 4.34. The van der Waals surface area contributed by atoms with Crippen LogP contribution in [-0.2, 0) is 0 Å². The number of anilines is 1. The van der Waals surface area contributed by atoms with Gasteiger partial charge in [-0.1, -0.05) is 19.1 Å². The van der Waals surface area contributed by atoms with Gasteiger partial charge in [0.2, 0.25) is 5.95 Å². The zero-order valence-corrected chi connectivity index (χ0v) is 12.6. The van der Waals surface area contributed by atoms with Crippen LogP contribution in [-0.4, -0.2) is 35.2 Å². The molecule has 2 aromatic rings. The molecule has 0 saturated carbocycles. The Morgan fingerprint density at radius 1 is 1.10 bits per heavy atom. The van der Waals surface area contributed by atoms with E-state index in [0.717, 1.165) is 24.3 Å². The Morgan fingerprint density at radius 2 is 1.90 bits per heavy atom. The molecule has 1 N–H and O–H groups in total. The fraction of sp³-hybridized carbons (Fsp3) is 0.400. The SMILES string of the molecule is CCCOc1ccccc1-c1nc(NCC)nc(OC)n1. The van der Waals surface area contributed by atoms with Crippen molar-refractivity contribution >= 4 is 5.95 Å². The summed E-state index contributed by atoms with van der Waals surface area (Å²) in [7, 11) is 1.54. The predicted octanol–water partition coefficient (Wildman–Crippen LogP) is 2.77. The van der Waals surface area contributed by atoms with E-state index in [1.807, 2.05) is 31.2 Å². The van der Waals surface area contributed by atoms with E-state index in [0.29, 0.717) is 18.4 Å². The average Bonchev–Trinajstić information content (AvgIpc) is 2.53. The van der Waals surface area contributed by atoms with Crippen molar-refractivity contribution in [1.29, 1.82) is 0 Å². The molecular weight excluding hydrogens is 268 g/mol. The molecule has 0 unspecified atom stereocenters. The van der Waals surface area contributed by atoms with Gasteiger partial charge in [-0.05, 0) is 25.5 Å². The first-order valence-electron chi connectivity index (χ1n) is 7.04. The summed E-state index contributed by atoms with van der Waals surface area (Å²) in [6, 6.07) is 7.97. The van der Waals surface area contributed by atoms with Crippen molar-refractivity contribution in [2.45, 2.75) is 20.3 Å². The number of nitrogens with one attached hydrogen (secondary N) is 1. The molecular formula is C15H20N4O2. The van der Waals surface area contributed by atoms with Gasteiger partial charge >= 0.3 is 6.01 Å². The molecule has 21 heavy (non-hydrogen) atoms. The molecule has 0 aliphatic carbocycles. The van der Waals surface area contributed by atoms with Gasteiger partial charge in [0, 0.05) is 6.54 Å². The third-order valence-electron chi connectivity index (χ3n) is 2.72. The maximum absolute atomic E-state index is 5.75. The second-order valence-electron chi connectivity index (χ2n) is 4.34. The summed E-state index contributed by atoms with van der Waals surface area (Å²) in [6.07, 6.45) is 0.942. The number of benzene rings is 1. The molecule has 2 rings (SSSR count). The number of hydrogen-bond donors (Lipinski definition) is 1. The summed E-state index contributed by atoms with van der Waals surface area (Å²) >= 11 is 0. The molecule has 0 spiro atoms. The maximum atomic E-state index is 5.75. The fourth-order valence-electron chi connectivity index (χ4n) is 1.79. The highest BCUT2D eigenvalue weighted by atomic mass is 16.5. The normalized spacial score (nSPS) is 10.2. The summed E-state index contributed by atoms with van der Waals surface area (Å²) in [5.41, 5.74) is 0.825. The number of hydrogen-bond acceptors (Lipinski definition) is 6. The number of rotatable bonds is 7. The van der Waals surface area contributed by atoms with E-state index in [1.165, 1.54) is 7.11 Å². The molecule has 0 aliphatic heterocycles. The Morgan fingerprint density at radius 3 is 2.62 bits per heavy atom. The Hall–Kier alpha value is -2.37. The average molecular weight is 288 g/mol. The topological polar surface area (TPSA) is 69.2 Å². The fourth-order valence-corrected chi connectivity index (χ4v) is 1.79. The van der Waals surface area contributed by atoms with Gasteiger partial charge in [-0.3, -0.25) is 0 Å². The molecule has 6 heteroatoms. The predicted molar refractivity (Wildman–Crippen MR) is 81.8 cm³/mol. The molecule has 6 nitrogen and oxygen atoms in total. The molecule has 0 amide bonds. The highest BCUT2D eigenvalue weighted by Crippen LogP contribution is 2.28. The summed E-state index contributed by atoms with van der Waals surface area (Å²) in [6.45, 7) is 5.42. The second kappa shape index (κ2) is 7.42. The van der Waals surface area contributed by atoms with Gasteiger partial charge in [0.25, 0.3) is 0 Å². The van der Waals surface area contributed by atoms with Gasteiger partial charge in [0.15, 0.2) is 5.82 Å². The Kier molecular flexibility index (Phi) is 5.31. The minimum atomic E-state index is 0.279. The van der Waals surface area contributed by atoms with Crippen LogP contribution in [0.25, 0.3) is 11.4 Å². The molecule has 0 bridgehead atoms. The summed E-state index contributed by atoms with van der Waals surface area (Å²) in [4.78, 5) is 12.9. The first-order valence-corrected chi connectivity index (χ1v) is 7.04. The number of ether oxygens (including phenoxy) is 2. The molecule has 1 heterocycles. The molecule has 0 aliphatic rings. The lowest BCUT2D eigenvalue weighted by Gasteiger charge is -2.11. The van der Waals surface area contributed by atoms with E-state index < -0.39 is 0 Å². The minimum Gasteiger partial charge on any atom is -0.493 e. The van der Waals surface area contributed by atoms with E-state index >= 15 is 0 Å². The highest BCUT2D eigenvalue weighted by molar-refractivity contribution is 5.64. The summed E-state index contributed by atoms with van der Waals surface area (Å²) in [5.74, 6) is 1.78. The molecule has 1 aromatic carbocycles. The van der Waals surface area contributed by atoms with Crippen LogP contribution < -0.4 is 14.8 Å². The van der Waals surface area contributed by atoms with E-state index in [1.54, 1.807) is 0 Å². The molecule has 0 radical (unpaired) electrons. The van der Waals surface area contributed by atoms with Gasteiger partial charge in [-0.25, -0.2) is 0 Å². The van der Waals surface area contributed by atoms with Crippen molar-refractivity contribution in [2.75, 3.05) is 25.6 Å². The lowest BCUT2D eigenvalue weighted by molar-refractivity contribution is 0.318. The van der Waals surface area contributed by atoms with Gasteiger partial charge < -0.3 is 14.8 Å². The van der Waals surface area contributed by atoms with Gasteiger partial charge in [-0.2, -0.15) is 15.0 Å². The molecule has 0 atom stereocenters. The highest BCUT2D eigenvalue weighted by Gasteiger charge is 2.12. The van der Waals surface area contributed by atoms with Crippen molar-refractivity contribution in [2.24, 2.45) is 0 Å². The van der Waals surface area contributed by atoms with Crippen molar-refractivity contribution in [1.82, 2.24) is 15.0 Å². The Bertz CT molecular complexity index is 590. The van der Waals surface area contributed by atoms with Gasteiger partial charge in [-0.15, -0.1) is 0 Å². The third-order valence-corrected chi connectivity index (χ3v) is 2.72. The van der Waals surface area contributed by atoms with E-state index in [4.69, 9.17) is 9.47 Å². The standard InChI is InChI=1S/C15H20N4O2/c1-4-10-21-12-9-7-6-8-11(12)13-17-14(16-5-2)19-15(18-13)20-3/h6-9H,4-5,10H2,1-3H3,(H,16,17,18,19). The Labute approximate surface area is 124 Å². The lowest BCUT2D eigenvalue weighted by atomic mass is 10.2. The molecule has 0 saturated heterocycles. The smallest absolute Gasteiger partial charge is 0.321 e. The third kappa shape index (κ3) is 3.81. The van der Waals surface area contributed by atoms with Crippen LogP contribution in [0, 0.1) is 0 Å². The lowest BCUT2D eigenvalue weighted by Crippen LogP contribution is -2.07. The van der Waals surface area contributed by atoms with Crippen molar-refractivity contribution in [3.8, 4) is 23.1 Å². The maximum Gasteiger partial charge on any atom is 0.321 e. The van der Waals surface area contributed by atoms with Gasteiger partial charge in [0.05, 0.1) is 19.3 Å². The summed E-state index contributed by atoms with van der Waals surface area (Å²) < 4.78 is 10.9. The van der Waals surface area contributed by atoms with Gasteiger partial charge in [0.1, 0.15) is 5.75 Å². The van der Waals surface area contributed by atoms with Crippen molar-refractivity contribution in [3.05, 3.63) is 24.3 Å². The van der Waals surface area contributed by atoms with E-state index in [9.17, 15) is 0 Å². The molecule has 1 aromatic heterocycles. The molecule has 112 valence electrons. The van der Waals surface area contributed by atoms with Crippen LogP contribution in [0.4, 0.5) is 5.95 Å². The summed E-state index contributed by atoms with van der Waals surface area (Å²) in [5, 5.41) is 3.07. The van der Waals surface area contributed by atoms with E-state index in [-0.39, 0.29) is 6.01 Å². The van der Waals surface area contributed by atoms with Crippen LogP contribution in [0.5, 0.6) is 11.8 Å². The Balaban J connectivity index is 2.42. The molecule has 0 fully saturated rings. The number of aromatic nitrogens is 3. The number of nitrogens with zero attached hydrogens (tertiary/aromatic N) is 3. The first-order chi connectivity index (χ1) is 10.3.